The van der Waals surface area contributed by atoms with Crippen LogP contribution in [0.25, 0.3) is 11.1 Å². The third-order valence-corrected chi connectivity index (χ3v) is 5.43. The van der Waals surface area contributed by atoms with E-state index in [1.165, 1.54) is 0 Å². The Hall–Kier alpha value is -4.21. The molecule has 1 heterocycles. The first kappa shape index (κ1) is 22.0. The fourth-order valence-electron chi connectivity index (χ4n) is 3.64. The average molecular weight is 436 g/mol. The van der Waals surface area contributed by atoms with Crippen LogP contribution in [0.5, 0.6) is 0 Å². The first-order chi connectivity index (χ1) is 16.1. The number of amides is 1. The molecule has 0 fully saturated rings. The predicted molar refractivity (Wildman–Crippen MR) is 129 cm³/mol. The first-order valence-electron chi connectivity index (χ1n) is 10.8. The van der Waals surface area contributed by atoms with E-state index in [2.05, 4.69) is 21.8 Å². The summed E-state index contributed by atoms with van der Waals surface area (Å²) in [5.74, 6) is -0.116. The summed E-state index contributed by atoms with van der Waals surface area (Å²) in [6.07, 6.45) is 4.52. The number of aromatic nitrogens is 2. The highest BCUT2D eigenvalue weighted by Crippen LogP contribution is 2.22. The Morgan fingerprint density at radius 2 is 1.73 bits per heavy atom. The summed E-state index contributed by atoms with van der Waals surface area (Å²) in [5, 5.41) is 19.6. The fourth-order valence-corrected chi connectivity index (χ4v) is 3.64. The van der Waals surface area contributed by atoms with Gasteiger partial charge in [-0.15, -0.1) is 0 Å². The highest BCUT2D eigenvalue weighted by atomic mass is 16.2. The quantitative estimate of drug-likeness (QED) is 0.428. The lowest BCUT2D eigenvalue weighted by molar-refractivity contribution is -0.118. The number of carbonyl (C=O) groups is 1. The number of nitrogens with one attached hydrogen (secondary N) is 2. The lowest BCUT2D eigenvalue weighted by Crippen LogP contribution is -2.34. The van der Waals surface area contributed by atoms with E-state index in [0.717, 1.165) is 34.4 Å². The smallest absolute Gasteiger partial charge is 0.246 e. The van der Waals surface area contributed by atoms with Crippen molar-refractivity contribution in [2.75, 3.05) is 11.9 Å². The Morgan fingerprint density at radius 1 is 1.00 bits per heavy atom. The van der Waals surface area contributed by atoms with E-state index < -0.39 is 6.04 Å². The number of hydrogen-bond acceptors (Lipinski definition) is 4. The van der Waals surface area contributed by atoms with Crippen LogP contribution in [0.4, 0.5) is 5.69 Å². The maximum Gasteiger partial charge on any atom is 0.246 e. The summed E-state index contributed by atoms with van der Waals surface area (Å²) in [4.78, 5) is 13.2. The Balaban J connectivity index is 1.42. The molecule has 0 saturated carbocycles. The molecular formula is C27H25N5O. The number of aryl methyl sites for hydroxylation is 1. The first-order valence-corrected chi connectivity index (χ1v) is 10.8. The van der Waals surface area contributed by atoms with E-state index in [0.29, 0.717) is 12.1 Å². The lowest BCUT2D eigenvalue weighted by Gasteiger charge is -2.19. The van der Waals surface area contributed by atoms with Crippen molar-refractivity contribution in [3.8, 4) is 17.2 Å². The third-order valence-electron chi connectivity index (χ3n) is 5.43. The molecule has 0 unspecified atom stereocenters. The molecule has 4 aromatic rings. The number of hydrogen-bond donors (Lipinski definition) is 2. The highest BCUT2D eigenvalue weighted by Gasteiger charge is 2.20. The number of rotatable bonds is 8. The second-order valence-electron chi connectivity index (χ2n) is 7.83. The molecule has 1 aromatic heterocycles. The number of nitriles is 1. The van der Waals surface area contributed by atoms with Gasteiger partial charge in [0.2, 0.25) is 5.91 Å². The molecule has 2 N–H and O–H groups in total. The van der Waals surface area contributed by atoms with Crippen molar-refractivity contribution < 1.29 is 4.79 Å². The second kappa shape index (κ2) is 10.4. The molecule has 33 heavy (non-hydrogen) atoms. The molecule has 6 heteroatoms. The summed E-state index contributed by atoms with van der Waals surface area (Å²) >= 11 is 0. The van der Waals surface area contributed by atoms with Crippen molar-refractivity contribution in [2.45, 2.75) is 12.5 Å². The van der Waals surface area contributed by atoms with Crippen LogP contribution >= 0.6 is 0 Å². The molecule has 1 amide bonds. The van der Waals surface area contributed by atoms with Crippen LogP contribution in [0.2, 0.25) is 0 Å². The molecule has 4 rings (SSSR count). The zero-order valence-corrected chi connectivity index (χ0v) is 18.4. The van der Waals surface area contributed by atoms with Gasteiger partial charge >= 0.3 is 0 Å². The Kier molecular flexibility index (Phi) is 6.93. The molecule has 0 bridgehead atoms. The molecule has 0 aliphatic rings. The van der Waals surface area contributed by atoms with Crippen molar-refractivity contribution >= 4 is 11.6 Å². The van der Waals surface area contributed by atoms with Crippen LogP contribution in [0.1, 0.15) is 22.7 Å². The molecule has 0 aliphatic heterocycles. The van der Waals surface area contributed by atoms with Crippen molar-refractivity contribution in [2.24, 2.45) is 7.05 Å². The van der Waals surface area contributed by atoms with Gasteiger partial charge in [0, 0.05) is 31.0 Å². The summed E-state index contributed by atoms with van der Waals surface area (Å²) in [5.41, 5.74) is 5.47. The molecule has 164 valence electrons. The van der Waals surface area contributed by atoms with Crippen LogP contribution < -0.4 is 10.6 Å². The van der Waals surface area contributed by atoms with Crippen LogP contribution in [0, 0.1) is 11.3 Å². The van der Waals surface area contributed by atoms with Gasteiger partial charge in [-0.3, -0.25) is 9.48 Å². The van der Waals surface area contributed by atoms with E-state index in [9.17, 15) is 4.79 Å². The summed E-state index contributed by atoms with van der Waals surface area (Å²) in [7, 11) is 1.89. The normalized spacial score (nSPS) is 11.5. The van der Waals surface area contributed by atoms with E-state index >= 15 is 0 Å². The maximum atomic E-state index is 13.2. The van der Waals surface area contributed by atoms with Crippen molar-refractivity contribution in [1.82, 2.24) is 15.1 Å². The molecular weight excluding hydrogens is 410 g/mol. The number of anilines is 1. The largest absolute Gasteiger partial charge is 0.324 e. The topological polar surface area (TPSA) is 82.7 Å². The van der Waals surface area contributed by atoms with Gasteiger partial charge in [0.15, 0.2) is 0 Å². The Bertz CT molecular complexity index is 1240. The standard InChI is InChI=1S/C27H25N5O/c1-32-19-24(18-30-32)22-11-13-25(14-12-22)31-27(33)26(23-5-3-2-4-6-23)29-16-15-20-7-9-21(17-28)10-8-20/h2-14,18-19,26,29H,15-16H2,1H3,(H,31,33)/t26-/m1/s1. The number of nitrogens with zero attached hydrogens (tertiary/aromatic N) is 3. The molecule has 0 radical (unpaired) electrons. The Labute approximate surface area is 193 Å². The van der Waals surface area contributed by atoms with E-state index in [4.69, 9.17) is 5.26 Å². The SMILES string of the molecule is Cn1cc(-c2ccc(NC(=O)[C@H](NCCc3ccc(C#N)cc3)c3ccccc3)cc2)cn1. The van der Waals surface area contributed by atoms with Crippen LogP contribution in [-0.2, 0) is 18.3 Å². The minimum Gasteiger partial charge on any atom is -0.324 e. The fraction of sp³-hybridized carbons (Fsp3) is 0.148. The van der Waals surface area contributed by atoms with Crippen molar-refractivity contribution in [1.29, 1.82) is 5.26 Å². The zero-order valence-electron chi connectivity index (χ0n) is 18.4. The van der Waals surface area contributed by atoms with Gasteiger partial charge in [-0.1, -0.05) is 54.6 Å². The minimum absolute atomic E-state index is 0.116. The van der Waals surface area contributed by atoms with Crippen LogP contribution in [0.15, 0.2) is 91.3 Å². The maximum absolute atomic E-state index is 13.2. The molecule has 1 atom stereocenters. The van der Waals surface area contributed by atoms with Crippen LogP contribution in [0.3, 0.4) is 0 Å². The molecule has 0 spiro atoms. The highest BCUT2D eigenvalue weighted by molar-refractivity contribution is 5.95. The molecule has 6 nitrogen and oxygen atoms in total. The third kappa shape index (κ3) is 5.73. The number of benzene rings is 3. The summed E-state index contributed by atoms with van der Waals surface area (Å²) < 4.78 is 1.76. The molecule has 0 saturated heterocycles. The minimum atomic E-state index is -0.484. The molecule has 0 aliphatic carbocycles. The lowest BCUT2D eigenvalue weighted by atomic mass is 10.0. The van der Waals surface area contributed by atoms with Crippen molar-refractivity contribution in [3.05, 3.63) is 108 Å². The van der Waals surface area contributed by atoms with Gasteiger partial charge in [0.25, 0.3) is 0 Å². The summed E-state index contributed by atoms with van der Waals surface area (Å²) in [6, 6.07) is 26.6. The van der Waals surface area contributed by atoms with Gasteiger partial charge in [-0.25, -0.2) is 0 Å². The zero-order chi connectivity index (χ0) is 23.0. The van der Waals surface area contributed by atoms with E-state index in [1.54, 1.807) is 4.68 Å². The second-order valence-corrected chi connectivity index (χ2v) is 7.83. The summed E-state index contributed by atoms with van der Waals surface area (Å²) in [6.45, 7) is 0.624. The number of carbonyl (C=O) groups excluding carboxylic acids is 1. The van der Waals surface area contributed by atoms with Gasteiger partial charge in [-0.05, 0) is 47.4 Å². The molecule has 3 aromatic carbocycles. The van der Waals surface area contributed by atoms with Crippen molar-refractivity contribution in [3.63, 3.8) is 0 Å². The average Bonchev–Trinajstić information content (AvgIpc) is 3.29. The van der Waals surface area contributed by atoms with Crippen LogP contribution in [-0.4, -0.2) is 22.2 Å². The monoisotopic (exact) mass is 435 g/mol. The van der Waals surface area contributed by atoms with Gasteiger partial charge in [0.1, 0.15) is 6.04 Å². The van der Waals surface area contributed by atoms with Gasteiger partial charge in [0.05, 0.1) is 17.8 Å². The van der Waals surface area contributed by atoms with E-state index in [-0.39, 0.29) is 5.91 Å². The van der Waals surface area contributed by atoms with E-state index in [1.807, 2.05) is 98.3 Å². The van der Waals surface area contributed by atoms with Gasteiger partial charge < -0.3 is 10.6 Å². The predicted octanol–water partition coefficient (Wildman–Crippen LogP) is 4.47. The van der Waals surface area contributed by atoms with Gasteiger partial charge in [-0.2, -0.15) is 10.4 Å². The Morgan fingerprint density at radius 3 is 2.36 bits per heavy atom.